The van der Waals surface area contributed by atoms with Gasteiger partial charge >= 0.3 is 5.97 Å². The molecule has 3 aromatic rings. The Morgan fingerprint density at radius 1 is 1.11 bits per heavy atom. The molecule has 1 aliphatic rings. The summed E-state index contributed by atoms with van der Waals surface area (Å²) in [5.74, 6) is 0.467. The molecule has 182 valence electrons. The zero-order valence-electron chi connectivity index (χ0n) is 19.4. The number of fused-ring (bicyclic) bond motifs is 1. The second kappa shape index (κ2) is 10.3. The fourth-order valence-corrected chi connectivity index (χ4v) is 5.24. The first-order valence-electron chi connectivity index (χ1n) is 10.7. The van der Waals surface area contributed by atoms with Gasteiger partial charge in [-0.1, -0.05) is 46.7 Å². The van der Waals surface area contributed by atoms with Gasteiger partial charge in [0.1, 0.15) is 0 Å². The lowest BCUT2D eigenvalue weighted by Gasteiger charge is -2.25. The topological polar surface area (TPSA) is 79.1 Å². The van der Waals surface area contributed by atoms with Crippen LogP contribution in [0.15, 0.2) is 57.5 Å². The van der Waals surface area contributed by atoms with Crippen molar-refractivity contribution in [3.05, 3.63) is 88.5 Å². The highest BCUT2D eigenvalue weighted by Gasteiger charge is 2.33. The van der Waals surface area contributed by atoms with Gasteiger partial charge in [-0.15, -0.1) is 0 Å². The number of hydrogen-bond acceptors (Lipinski definition) is 7. The molecule has 7 nitrogen and oxygen atoms in total. The Labute approximate surface area is 215 Å². The summed E-state index contributed by atoms with van der Waals surface area (Å²) in [5, 5.41) is 0.810. The van der Waals surface area contributed by atoms with Gasteiger partial charge in [-0.2, -0.15) is 0 Å². The molecule has 1 atom stereocenters. The summed E-state index contributed by atoms with van der Waals surface area (Å²) in [6.07, 6.45) is 1.72. The minimum absolute atomic E-state index is 0.190. The number of esters is 1. The second-order valence-electron chi connectivity index (χ2n) is 7.59. The van der Waals surface area contributed by atoms with Gasteiger partial charge in [0.15, 0.2) is 16.3 Å². The second-order valence-corrected chi connectivity index (χ2v) is 9.41. The molecule has 1 aromatic heterocycles. The van der Waals surface area contributed by atoms with Crippen molar-refractivity contribution in [2.24, 2.45) is 4.99 Å². The van der Waals surface area contributed by atoms with Crippen molar-refractivity contribution >= 4 is 46.6 Å². The van der Waals surface area contributed by atoms with Crippen molar-refractivity contribution in [2.45, 2.75) is 19.9 Å². The van der Waals surface area contributed by atoms with E-state index >= 15 is 0 Å². The van der Waals surface area contributed by atoms with E-state index in [9.17, 15) is 9.59 Å². The Kier molecular flexibility index (Phi) is 7.35. The lowest BCUT2D eigenvalue weighted by Crippen LogP contribution is -2.39. The number of nitrogens with zero attached hydrogens (tertiary/aromatic N) is 2. The Hall–Kier alpha value is -3.07. The summed E-state index contributed by atoms with van der Waals surface area (Å²) < 4.78 is 18.1. The predicted octanol–water partition coefficient (Wildman–Crippen LogP) is 4.12. The average Bonchev–Trinajstić information content (AvgIpc) is 3.14. The van der Waals surface area contributed by atoms with E-state index in [0.29, 0.717) is 47.7 Å². The monoisotopic (exact) mass is 532 g/mol. The van der Waals surface area contributed by atoms with Crippen LogP contribution in [0.5, 0.6) is 11.5 Å². The first-order chi connectivity index (χ1) is 16.8. The summed E-state index contributed by atoms with van der Waals surface area (Å²) >= 11 is 13.4. The normalized spacial score (nSPS) is 15.5. The van der Waals surface area contributed by atoms with Crippen LogP contribution < -0.4 is 24.4 Å². The minimum Gasteiger partial charge on any atom is -0.493 e. The van der Waals surface area contributed by atoms with Gasteiger partial charge in [0.05, 0.1) is 52.7 Å². The van der Waals surface area contributed by atoms with Gasteiger partial charge in [-0.3, -0.25) is 9.36 Å². The van der Waals surface area contributed by atoms with Crippen LogP contribution in [-0.2, 0) is 9.53 Å². The minimum atomic E-state index is -0.763. The molecule has 0 aliphatic carbocycles. The number of benzene rings is 2. The molecule has 0 amide bonds. The van der Waals surface area contributed by atoms with Crippen molar-refractivity contribution in [1.82, 2.24) is 4.57 Å². The molecule has 0 N–H and O–H groups in total. The van der Waals surface area contributed by atoms with Gasteiger partial charge in [0.2, 0.25) is 0 Å². The zero-order chi connectivity index (χ0) is 25.3. The van der Waals surface area contributed by atoms with Crippen LogP contribution in [0.3, 0.4) is 0 Å². The largest absolute Gasteiger partial charge is 0.493 e. The maximum absolute atomic E-state index is 13.7. The van der Waals surface area contributed by atoms with Crippen molar-refractivity contribution in [3.63, 3.8) is 0 Å². The quantitative estimate of drug-likeness (QED) is 0.446. The highest BCUT2D eigenvalue weighted by Crippen LogP contribution is 2.36. The Morgan fingerprint density at radius 2 is 1.86 bits per heavy atom. The van der Waals surface area contributed by atoms with Crippen molar-refractivity contribution in [3.8, 4) is 11.5 Å². The van der Waals surface area contributed by atoms with E-state index in [-0.39, 0.29) is 17.7 Å². The summed E-state index contributed by atoms with van der Waals surface area (Å²) in [6.45, 7) is 3.65. The Balaban J connectivity index is 1.97. The molecule has 0 saturated carbocycles. The van der Waals surface area contributed by atoms with Gasteiger partial charge in [0.25, 0.3) is 5.56 Å². The first kappa shape index (κ1) is 25.0. The lowest BCUT2D eigenvalue weighted by atomic mass is 9.95. The number of methoxy groups -OCH3 is 2. The van der Waals surface area contributed by atoms with Crippen LogP contribution in [0.2, 0.25) is 10.0 Å². The molecule has 2 aromatic carbocycles. The SMILES string of the molecule is CCOC(=O)C1=C(C)N=c2s/c(=C\c3ccc(Cl)c(Cl)c3)c(=O)n2[C@H]1c1ccc(OC)c(OC)c1. The summed E-state index contributed by atoms with van der Waals surface area (Å²) in [6, 6.07) is 9.63. The maximum atomic E-state index is 13.7. The van der Waals surface area contributed by atoms with Gasteiger partial charge in [0, 0.05) is 0 Å². The molecule has 0 fully saturated rings. The molecule has 10 heteroatoms. The van der Waals surface area contributed by atoms with Crippen LogP contribution in [0.1, 0.15) is 31.0 Å². The van der Waals surface area contributed by atoms with Crippen LogP contribution in [-0.4, -0.2) is 31.4 Å². The number of halogens is 2. The standard InChI is InChI=1S/C25H22Cl2N2O5S/c1-5-34-24(31)21-13(2)28-25-29(22(21)15-7-9-18(32-3)19(12-15)33-4)23(30)20(35-25)11-14-6-8-16(26)17(27)10-14/h6-12,22H,5H2,1-4H3/b20-11-/t22-/m0/s1. The molecule has 0 saturated heterocycles. The molecule has 0 bridgehead atoms. The zero-order valence-corrected chi connectivity index (χ0v) is 21.8. The highest BCUT2D eigenvalue weighted by atomic mass is 35.5. The van der Waals surface area contributed by atoms with E-state index in [0.717, 1.165) is 0 Å². The summed E-state index contributed by atoms with van der Waals surface area (Å²) in [7, 11) is 3.06. The number of ether oxygens (including phenoxy) is 3. The predicted molar refractivity (Wildman–Crippen MR) is 136 cm³/mol. The number of hydrogen-bond donors (Lipinski definition) is 0. The number of allylic oxidation sites excluding steroid dienone is 1. The average molecular weight is 533 g/mol. The summed E-state index contributed by atoms with van der Waals surface area (Å²) in [5.41, 5.74) is 1.84. The maximum Gasteiger partial charge on any atom is 0.338 e. The Bertz CT molecular complexity index is 1520. The fourth-order valence-electron chi connectivity index (χ4n) is 3.88. The van der Waals surface area contributed by atoms with Crippen LogP contribution in [0.4, 0.5) is 0 Å². The molecule has 0 spiro atoms. The van der Waals surface area contributed by atoms with Crippen molar-refractivity contribution < 1.29 is 19.0 Å². The smallest absolute Gasteiger partial charge is 0.338 e. The van der Waals surface area contributed by atoms with E-state index in [1.807, 2.05) is 0 Å². The molecular formula is C25H22Cl2N2O5S. The Morgan fingerprint density at radius 3 is 2.51 bits per heavy atom. The number of aromatic nitrogens is 1. The van der Waals surface area contributed by atoms with E-state index < -0.39 is 12.0 Å². The lowest BCUT2D eigenvalue weighted by molar-refractivity contribution is -0.139. The van der Waals surface area contributed by atoms with Crippen LogP contribution in [0, 0.1) is 0 Å². The molecule has 1 aliphatic heterocycles. The third-order valence-electron chi connectivity index (χ3n) is 5.48. The first-order valence-corrected chi connectivity index (χ1v) is 12.2. The number of rotatable bonds is 6. The molecule has 35 heavy (non-hydrogen) atoms. The summed E-state index contributed by atoms with van der Waals surface area (Å²) in [4.78, 5) is 31.7. The van der Waals surface area contributed by atoms with Gasteiger partial charge < -0.3 is 14.2 Å². The van der Waals surface area contributed by atoms with Crippen LogP contribution >= 0.6 is 34.5 Å². The highest BCUT2D eigenvalue weighted by molar-refractivity contribution is 7.07. The molecule has 4 rings (SSSR count). The van der Waals surface area contributed by atoms with E-state index in [4.69, 9.17) is 37.4 Å². The van der Waals surface area contributed by atoms with Gasteiger partial charge in [-0.05, 0) is 55.3 Å². The fraction of sp³-hybridized carbons (Fsp3) is 0.240. The molecular weight excluding hydrogens is 511 g/mol. The molecule has 0 unspecified atom stereocenters. The van der Waals surface area contributed by atoms with E-state index in [1.54, 1.807) is 56.3 Å². The van der Waals surface area contributed by atoms with Crippen molar-refractivity contribution in [1.29, 1.82) is 0 Å². The van der Waals surface area contributed by atoms with Crippen LogP contribution in [0.25, 0.3) is 6.08 Å². The number of carbonyl (C=O) groups excluding carboxylic acids is 1. The van der Waals surface area contributed by atoms with Crippen molar-refractivity contribution in [2.75, 3.05) is 20.8 Å². The molecule has 2 heterocycles. The van der Waals surface area contributed by atoms with Gasteiger partial charge in [-0.25, -0.2) is 9.79 Å². The third-order valence-corrected chi connectivity index (χ3v) is 7.20. The molecule has 0 radical (unpaired) electrons. The number of thiazole rings is 1. The van der Waals surface area contributed by atoms with E-state index in [1.165, 1.54) is 30.1 Å². The van der Waals surface area contributed by atoms with E-state index in [2.05, 4.69) is 4.99 Å². The third kappa shape index (κ3) is 4.74. The number of carbonyl (C=O) groups is 1.